The molecule has 1 aliphatic heterocycles. The molecule has 2 aromatic heterocycles. The lowest BCUT2D eigenvalue weighted by Gasteiger charge is -2.33. The number of amides is 1. The molecule has 1 unspecified atom stereocenters. The molecule has 11 heteroatoms. The van der Waals surface area contributed by atoms with Crippen LogP contribution in [-0.2, 0) is 11.3 Å². The molecule has 1 saturated heterocycles. The van der Waals surface area contributed by atoms with Crippen molar-refractivity contribution in [1.29, 1.82) is 0 Å². The van der Waals surface area contributed by atoms with Crippen molar-refractivity contribution in [3.63, 3.8) is 0 Å². The van der Waals surface area contributed by atoms with E-state index in [1.165, 1.54) is 4.90 Å². The van der Waals surface area contributed by atoms with Crippen molar-refractivity contribution in [1.82, 2.24) is 24.8 Å². The average Bonchev–Trinajstić information content (AvgIpc) is 2.77. The van der Waals surface area contributed by atoms with Gasteiger partial charge >= 0.3 is 5.97 Å². The van der Waals surface area contributed by atoms with E-state index in [1.54, 1.807) is 30.5 Å². The molecule has 4 rings (SSSR count). The molecular formula is C20H22N8O3. The number of piperidine rings is 1. The number of carboxylic acids is 1. The van der Waals surface area contributed by atoms with Gasteiger partial charge in [0.2, 0.25) is 5.95 Å². The number of likely N-dealkylation sites (tertiary alicyclic amines) is 1. The van der Waals surface area contributed by atoms with Crippen molar-refractivity contribution in [2.24, 2.45) is 0 Å². The minimum absolute atomic E-state index is 0.0408. The van der Waals surface area contributed by atoms with Gasteiger partial charge < -0.3 is 26.8 Å². The lowest BCUT2D eigenvalue weighted by atomic mass is 10.0. The number of nitrogens with one attached hydrogen (secondary N) is 1. The van der Waals surface area contributed by atoms with E-state index < -0.39 is 12.0 Å². The van der Waals surface area contributed by atoms with Crippen LogP contribution in [0.5, 0.6) is 0 Å². The number of fused-ring (bicyclic) bond motifs is 1. The maximum absolute atomic E-state index is 12.8. The van der Waals surface area contributed by atoms with Crippen LogP contribution in [0.25, 0.3) is 11.2 Å². The van der Waals surface area contributed by atoms with Crippen molar-refractivity contribution in [2.75, 3.05) is 23.3 Å². The second-order valence-corrected chi connectivity index (χ2v) is 7.28. The van der Waals surface area contributed by atoms with E-state index in [-0.39, 0.29) is 17.7 Å². The van der Waals surface area contributed by atoms with Gasteiger partial charge in [-0.15, -0.1) is 0 Å². The Labute approximate surface area is 177 Å². The number of anilines is 3. The second-order valence-electron chi connectivity index (χ2n) is 7.28. The first-order valence-corrected chi connectivity index (χ1v) is 9.84. The largest absolute Gasteiger partial charge is 0.480 e. The number of nitrogens with two attached hydrogens (primary N) is 2. The molecule has 0 aliphatic carbocycles. The molecule has 0 bridgehead atoms. The molecule has 11 nitrogen and oxygen atoms in total. The molecule has 0 spiro atoms. The van der Waals surface area contributed by atoms with Crippen LogP contribution in [0.15, 0.2) is 30.5 Å². The molecule has 1 amide bonds. The molecule has 1 fully saturated rings. The van der Waals surface area contributed by atoms with E-state index in [4.69, 9.17) is 11.5 Å². The van der Waals surface area contributed by atoms with Crippen molar-refractivity contribution in [2.45, 2.75) is 31.8 Å². The highest BCUT2D eigenvalue weighted by Crippen LogP contribution is 2.21. The SMILES string of the molecule is Nc1nc(N)c2nc(CNc3ccc(C(=O)N4CCCCC4C(=O)O)cc3)cnc2n1. The summed E-state index contributed by atoms with van der Waals surface area (Å²) >= 11 is 0. The van der Waals surface area contributed by atoms with E-state index in [0.717, 1.165) is 18.5 Å². The van der Waals surface area contributed by atoms with Crippen molar-refractivity contribution >= 4 is 40.5 Å². The Morgan fingerprint density at radius 3 is 2.65 bits per heavy atom. The molecule has 3 heterocycles. The maximum atomic E-state index is 12.8. The highest BCUT2D eigenvalue weighted by Gasteiger charge is 2.32. The van der Waals surface area contributed by atoms with Crippen molar-refractivity contribution < 1.29 is 14.7 Å². The Balaban J connectivity index is 1.43. The monoisotopic (exact) mass is 422 g/mol. The van der Waals surface area contributed by atoms with Crippen LogP contribution in [0, 0.1) is 0 Å². The van der Waals surface area contributed by atoms with Crippen LogP contribution in [-0.4, -0.2) is 54.4 Å². The summed E-state index contributed by atoms with van der Waals surface area (Å²) in [5.41, 5.74) is 14.0. The first-order chi connectivity index (χ1) is 14.9. The number of carboxylic acid groups (broad SMARTS) is 1. The van der Waals surface area contributed by atoms with E-state index in [0.29, 0.717) is 41.9 Å². The quantitative estimate of drug-likeness (QED) is 0.469. The molecule has 1 atom stereocenters. The van der Waals surface area contributed by atoms with Crippen molar-refractivity contribution in [3.05, 3.63) is 41.7 Å². The molecule has 1 aromatic carbocycles. The zero-order valence-electron chi connectivity index (χ0n) is 16.7. The molecule has 3 aromatic rings. The second kappa shape index (κ2) is 8.38. The van der Waals surface area contributed by atoms with Gasteiger partial charge in [0, 0.05) is 17.8 Å². The highest BCUT2D eigenvalue weighted by atomic mass is 16.4. The molecule has 0 radical (unpaired) electrons. The number of aromatic nitrogens is 4. The number of nitrogens with zero attached hydrogens (tertiary/aromatic N) is 5. The Hall–Kier alpha value is -4.02. The van der Waals surface area contributed by atoms with Gasteiger partial charge in [0.15, 0.2) is 17.0 Å². The van der Waals surface area contributed by atoms with Gasteiger partial charge in [0.05, 0.1) is 18.4 Å². The lowest BCUT2D eigenvalue weighted by Crippen LogP contribution is -2.47. The average molecular weight is 422 g/mol. The van der Waals surface area contributed by atoms with E-state index >= 15 is 0 Å². The summed E-state index contributed by atoms with van der Waals surface area (Å²) in [5, 5.41) is 12.6. The highest BCUT2D eigenvalue weighted by molar-refractivity contribution is 5.97. The van der Waals surface area contributed by atoms with Gasteiger partial charge in [-0.05, 0) is 43.5 Å². The van der Waals surface area contributed by atoms with Crippen LogP contribution in [0.3, 0.4) is 0 Å². The summed E-state index contributed by atoms with van der Waals surface area (Å²) in [5.74, 6) is -1.03. The Morgan fingerprint density at radius 2 is 1.90 bits per heavy atom. The Bertz CT molecular complexity index is 1140. The summed E-state index contributed by atoms with van der Waals surface area (Å²) < 4.78 is 0. The van der Waals surface area contributed by atoms with Gasteiger partial charge in [-0.1, -0.05) is 0 Å². The van der Waals surface area contributed by atoms with Crippen LogP contribution in [0.1, 0.15) is 35.3 Å². The molecule has 31 heavy (non-hydrogen) atoms. The third-order valence-electron chi connectivity index (χ3n) is 5.16. The number of hydrogen-bond donors (Lipinski definition) is 4. The third kappa shape index (κ3) is 4.29. The smallest absolute Gasteiger partial charge is 0.326 e. The summed E-state index contributed by atoms with van der Waals surface area (Å²) in [6.45, 7) is 0.822. The molecular weight excluding hydrogens is 400 g/mol. The molecule has 1 aliphatic rings. The summed E-state index contributed by atoms with van der Waals surface area (Å²) in [7, 11) is 0. The third-order valence-corrected chi connectivity index (χ3v) is 5.16. The number of rotatable bonds is 5. The topological polar surface area (TPSA) is 173 Å². The predicted molar refractivity (Wildman–Crippen MR) is 114 cm³/mol. The summed E-state index contributed by atoms with van der Waals surface area (Å²) in [6.07, 6.45) is 3.67. The van der Waals surface area contributed by atoms with E-state index in [1.807, 2.05) is 0 Å². The lowest BCUT2D eigenvalue weighted by molar-refractivity contribution is -0.143. The minimum Gasteiger partial charge on any atom is -0.480 e. The number of benzene rings is 1. The van der Waals surface area contributed by atoms with E-state index in [2.05, 4.69) is 25.3 Å². The number of carbonyl (C=O) groups is 2. The van der Waals surface area contributed by atoms with Gasteiger partial charge in [-0.25, -0.2) is 14.8 Å². The fourth-order valence-electron chi connectivity index (χ4n) is 3.59. The minimum atomic E-state index is -0.962. The van der Waals surface area contributed by atoms with Crippen LogP contribution >= 0.6 is 0 Å². The fraction of sp³-hybridized carbons (Fsp3) is 0.300. The zero-order chi connectivity index (χ0) is 22.0. The standard InChI is InChI=1S/C20H22N8O3/c21-16-15-17(27-20(22)26-16)24-10-13(25-15)9-23-12-6-4-11(5-7-12)18(29)28-8-2-1-3-14(28)19(30)31/h4-7,10,14,23H,1-3,8-9H2,(H,30,31)(H4,21,22,24,26,27). The number of nitrogen functional groups attached to an aromatic ring is 2. The summed E-state index contributed by atoms with van der Waals surface area (Å²) in [4.78, 5) is 42.2. The zero-order valence-corrected chi connectivity index (χ0v) is 16.7. The van der Waals surface area contributed by atoms with Crippen molar-refractivity contribution in [3.8, 4) is 0 Å². The number of aliphatic carboxylic acids is 1. The number of hydrogen-bond acceptors (Lipinski definition) is 9. The van der Waals surface area contributed by atoms with Gasteiger partial charge in [0.25, 0.3) is 5.91 Å². The maximum Gasteiger partial charge on any atom is 0.326 e. The molecule has 0 saturated carbocycles. The molecule has 6 N–H and O–H groups in total. The van der Waals surface area contributed by atoms with Gasteiger partial charge in [-0.3, -0.25) is 4.79 Å². The van der Waals surface area contributed by atoms with Gasteiger partial charge in [0.1, 0.15) is 6.04 Å². The van der Waals surface area contributed by atoms with Gasteiger partial charge in [-0.2, -0.15) is 9.97 Å². The number of carbonyl (C=O) groups excluding carboxylic acids is 1. The first kappa shape index (κ1) is 20.3. The first-order valence-electron chi connectivity index (χ1n) is 9.84. The van der Waals surface area contributed by atoms with Crippen LogP contribution in [0.4, 0.5) is 17.5 Å². The fourth-order valence-corrected chi connectivity index (χ4v) is 3.59. The Morgan fingerprint density at radius 1 is 1.13 bits per heavy atom. The normalized spacial score (nSPS) is 16.3. The molecule has 160 valence electrons. The summed E-state index contributed by atoms with van der Waals surface area (Å²) in [6, 6.07) is 6.12. The Kier molecular flexibility index (Phi) is 5.48. The van der Waals surface area contributed by atoms with E-state index in [9.17, 15) is 14.7 Å². The predicted octanol–water partition coefficient (Wildman–Crippen LogP) is 1.28. The van der Waals surface area contributed by atoms with Crippen LogP contribution < -0.4 is 16.8 Å². The van der Waals surface area contributed by atoms with Crippen LogP contribution in [0.2, 0.25) is 0 Å².